The molecule has 0 bridgehead atoms. The lowest BCUT2D eigenvalue weighted by atomic mass is 10.1. The van der Waals surface area contributed by atoms with Crippen LogP contribution >= 0.6 is 11.6 Å². The number of aromatic nitrogens is 2. The average molecular weight is 460 g/mol. The number of hydrogen-bond donors (Lipinski definition) is 1. The molecule has 2 N–H and O–H groups in total. The number of nitrogens with two attached hydrogens (primary N) is 1. The van der Waals surface area contributed by atoms with Gasteiger partial charge in [0, 0.05) is 30.2 Å². The number of carbonyl (C=O) groups is 1. The third-order valence-corrected chi connectivity index (χ3v) is 5.55. The number of rotatable bonds is 7. The van der Waals surface area contributed by atoms with E-state index in [-0.39, 0.29) is 30.1 Å². The molecule has 1 aliphatic heterocycles. The lowest BCUT2D eigenvalue weighted by Crippen LogP contribution is -2.42. The molecule has 1 fully saturated rings. The monoisotopic (exact) mass is 459 g/mol. The van der Waals surface area contributed by atoms with E-state index in [1.807, 2.05) is 4.90 Å². The van der Waals surface area contributed by atoms with Crippen LogP contribution in [-0.2, 0) is 4.79 Å². The van der Waals surface area contributed by atoms with Crippen molar-refractivity contribution in [3.8, 4) is 11.5 Å². The van der Waals surface area contributed by atoms with Crippen LogP contribution in [-0.4, -0.2) is 53.6 Å². The molecule has 1 aliphatic rings. The van der Waals surface area contributed by atoms with Gasteiger partial charge in [-0.25, -0.2) is 9.97 Å². The lowest BCUT2D eigenvalue weighted by molar-refractivity contribution is -0.119. The summed E-state index contributed by atoms with van der Waals surface area (Å²) in [5, 5.41) is 1.30. The van der Waals surface area contributed by atoms with Gasteiger partial charge in [0.2, 0.25) is 5.91 Å². The Morgan fingerprint density at radius 2 is 2.06 bits per heavy atom. The number of amides is 1. The Balaban J connectivity index is 1.68. The van der Waals surface area contributed by atoms with Crippen LogP contribution in [0.25, 0.3) is 10.9 Å². The van der Waals surface area contributed by atoms with E-state index in [0.29, 0.717) is 58.5 Å². The summed E-state index contributed by atoms with van der Waals surface area (Å²) in [4.78, 5) is 21.6. The first-order valence-electron chi connectivity index (χ1n) is 10.2. The summed E-state index contributed by atoms with van der Waals surface area (Å²) >= 11 is 6.04. The summed E-state index contributed by atoms with van der Waals surface area (Å²) in [6, 6.07) is 9.84. The summed E-state index contributed by atoms with van der Waals surface area (Å²) in [5.41, 5.74) is 6.01. The molecular formula is C22H23ClFN5O3. The lowest BCUT2D eigenvalue weighted by Gasteiger charge is -2.31. The van der Waals surface area contributed by atoms with Crippen molar-refractivity contribution >= 4 is 39.9 Å². The first-order chi connectivity index (χ1) is 15.4. The zero-order chi connectivity index (χ0) is 22.7. The quantitative estimate of drug-likeness (QED) is 0.539. The second-order valence-electron chi connectivity index (χ2n) is 7.54. The van der Waals surface area contributed by atoms with Gasteiger partial charge in [0.15, 0.2) is 5.82 Å². The van der Waals surface area contributed by atoms with Gasteiger partial charge in [-0.3, -0.25) is 9.69 Å². The van der Waals surface area contributed by atoms with Crippen LogP contribution in [0.3, 0.4) is 0 Å². The van der Waals surface area contributed by atoms with Crippen molar-refractivity contribution in [2.75, 3.05) is 31.9 Å². The number of primary amides is 1. The normalized spacial score (nSPS) is 15.0. The van der Waals surface area contributed by atoms with Crippen molar-refractivity contribution in [3.05, 3.63) is 47.7 Å². The summed E-state index contributed by atoms with van der Waals surface area (Å²) in [6.45, 7) is 1.58. The number of fused-ring (bicyclic) bond motifs is 1. The van der Waals surface area contributed by atoms with Crippen LogP contribution in [0.2, 0.25) is 5.02 Å². The number of halogens is 2. The van der Waals surface area contributed by atoms with Crippen LogP contribution in [0, 0.1) is 0 Å². The highest BCUT2D eigenvalue weighted by Gasteiger charge is 2.25. The molecule has 1 aromatic heterocycles. The SMILES string of the molecule is COc1cc(OC2CCN(CC(N)=O)CC2)c2c(N(F)c3cccc(Cl)c3)ncnc2c1. The van der Waals surface area contributed by atoms with E-state index in [4.69, 9.17) is 26.8 Å². The Bertz CT molecular complexity index is 1120. The Kier molecular flexibility index (Phi) is 6.57. The van der Waals surface area contributed by atoms with Gasteiger partial charge < -0.3 is 15.2 Å². The molecule has 0 radical (unpaired) electrons. The van der Waals surface area contributed by atoms with Crippen LogP contribution < -0.4 is 20.3 Å². The minimum absolute atomic E-state index is 0.0427. The molecule has 3 aromatic rings. The fourth-order valence-electron chi connectivity index (χ4n) is 3.78. The smallest absolute Gasteiger partial charge is 0.231 e. The van der Waals surface area contributed by atoms with Crippen molar-refractivity contribution in [1.82, 2.24) is 14.9 Å². The zero-order valence-electron chi connectivity index (χ0n) is 17.5. The summed E-state index contributed by atoms with van der Waals surface area (Å²) in [6.07, 6.45) is 2.56. The van der Waals surface area contributed by atoms with E-state index in [2.05, 4.69) is 9.97 Å². The topological polar surface area (TPSA) is 93.8 Å². The highest BCUT2D eigenvalue weighted by atomic mass is 35.5. The van der Waals surface area contributed by atoms with Gasteiger partial charge in [-0.15, -0.1) is 0 Å². The average Bonchev–Trinajstić information content (AvgIpc) is 2.79. The van der Waals surface area contributed by atoms with Crippen molar-refractivity contribution in [3.63, 3.8) is 0 Å². The van der Waals surface area contributed by atoms with Gasteiger partial charge >= 0.3 is 0 Å². The largest absolute Gasteiger partial charge is 0.497 e. The second-order valence-corrected chi connectivity index (χ2v) is 7.97. The Hall–Kier alpha value is -3.17. The molecule has 8 nitrogen and oxygen atoms in total. The predicted molar refractivity (Wildman–Crippen MR) is 120 cm³/mol. The molecule has 0 unspecified atom stereocenters. The maximum Gasteiger partial charge on any atom is 0.231 e. The van der Waals surface area contributed by atoms with Crippen molar-refractivity contribution in [2.45, 2.75) is 18.9 Å². The van der Waals surface area contributed by atoms with Crippen LogP contribution in [0.5, 0.6) is 11.5 Å². The van der Waals surface area contributed by atoms with Gasteiger partial charge in [0.05, 0.1) is 30.2 Å². The van der Waals surface area contributed by atoms with E-state index in [9.17, 15) is 4.79 Å². The third-order valence-electron chi connectivity index (χ3n) is 5.32. The highest BCUT2D eigenvalue weighted by molar-refractivity contribution is 6.30. The van der Waals surface area contributed by atoms with Crippen LogP contribution in [0.1, 0.15) is 12.8 Å². The fourth-order valence-corrected chi connectivity index (χ4v) is 3.96. The van der Waals surface area contributed by atoms with Gasteiger partial charge in [0.1, 0.15) is 23.9 Å². The zero-order valence-corrected chi connectivity index (χ0v) is 18.3. The first-order valence-corrected chi connectivity index (χ1v) is 10.5. The minimum atomic E-state index is -0.353. The van der Waals surface area contributed by atoms with Gasteiger partial charge in [0.25, 0.3) is 0 Å². The Morgan fingerprint density at radius 3 is 2.75 bits per heavy atom. The van der Waals surface area contributed by atoms with E-state index >= 15 is 4.48 Å². The van der Waals surface area contributed by atoms with Crippen LogP contribution in [0.4, 0.5) is 16.0 Å². The molecule has 1 saturated heterocycles. The molecule has 168 valence electrons. The number of hydrogen-bond acceptors (Lipinski definition) is 7. The predicted octanol–water partition coefficient (Wildman–Crippen LogP) is 3.64. The molecule has 1 amide bonds. The molecule has 32 heavy (non-hydrogen) atoms. The number of methoxy groups -OCH3 is 1. The molecule has 2 aromatic carbocycles. The maximum absolute atomic E-state index is 15.4. The molecule has 0 spiro atoms. The molecule has 0 saturated carbocycles. The molecule has 4 rings (SSSR count). The van der Waals surface area contributed by atoms with E-state index < -0.39 is 0 Å². The molecule has 0 aliphatic carbocycles. The number of ether oxygens (including phenoxy) is 2. The minimum Gasteiger partial charge on any atom is -0.497 e. The van der Waals surface area contributed by atoms with Gasteiger partial charge in [-0.1, -0.05) is 22.1 Å². The van der Waals surface area contributed by atoms with Crippen molar-refractivity contribution < 1.29 is 18.7 Å². The van der Waals surface area contributed by atoms with Gasteiger partial charge in [-0.2, -0.15) is 5.12 Å². The Labute approximate surface area is 189 Å². The summed E-state index contributed by atoms with van der Waals surface area (Å²) in [7, 11) is 1.54. The summed E-state index contributed by atoms with van der Waals surface area (Å²) < 4.78 is 27.1. The molecule has 10 heteroatoms. The maximum atomic E-state index is 15.4. The Morgan fingerprint density at radius 1 is 1.28 bits per heavy atom. The first kappa shape index (κ1) is 22.0. The van der Waals surface area contributed by atoms with Crippen LogP contribution in [0.15, 0.2) is 42.7 Å². The summed E-state index contributed by atoms with van der Waals surface area (Å²) in [5.74, 6) is 0.652. The number of benzene rings is 2. The van der Waals surface area contributed by atoms with Gasteiger partial charge in [-0.05, 0) is 31.0 Å². The molecule has 2 heterocycles. The standard InChI is InChI=1S/C22H23ClFN5O3/c1-31-17-10-18-21(19(11-17)32-16-5-7-28(8-6-16)12-20(25)30)22(27-13-26-18)29(24)15-4-2-3-14(23)9-15/h2-4,9-11,13,16H,5-8,12H2,1H3,(H2,25,30). The number of anilines is 2. The fraction of sp³-hybridized carbons (Fsp3) is 0.318. The van der Waals surface area contributed by atoms with E-state index in [1.165, 1.54) is 12.4 Å². The van der Waals surface area contributed by atoms with E-state index in [0.717, 1.165) is 0 Å². The van der Waals surface area contributed by atoms with Crippen molar-refractivity contribution in [1.29, 1.82) is 0 Å². The highest BCUT2D eigenvalue weighted by Crippen LogP contribution is 2.39. The van der Waals surface area contributed by atoms with Crippen molar-refractivity contribution in [2.24, 2.45) is 5.73 Å². The number of likely N-dealkylation sites (tertiary alicyclic amines) is 1. The molecule has 0 atom stereocenters. The number of nitrogens with zero attached hydrogens (tertiary/aromatic N) is 4. The molecular weight excluding hydrogens is 437 g/mol. The second kappa shape index (κ2) is 9.54. The number of carbonyl (C=O) groups excluding carboxylic acids is 1. The number of piperidine rings is 1. The third kappa shape index (κ3) is 4.84. The van der Waals surface area contributed by atoms with E-state index in [1.54, 1.807) is 37.4 Å².